The number of H-pyrrole nitrogens is 1. The van der Waals surface area contributed by atoms with Crippen molar-refractivity contribution in [1.29, 1.82) is 0 Å². The number of imidazole rings is 1. The molecule has 20 heavy (non-hydrogen) atoms. The molecular weight excluding hydrogens is 278 g/mol. The van der Waals surface area contributed by atoms with Gasteiger partial charge in [-0.15, -0.1) is 0 Å². The molecule has 0 aliphatic carbocycles. The quantitative estimate of drug-likeness (QED) is 0.650. The van der Waals surface area contributed by atoms with Gasteiger partial charge < -0.3 is 4.98 Å². The molecule has 1 aromatic heterocycles. The molecule has 0 saturated carbocycles. The third-order valence-electron chi connectivity index (χ3n) is 3.30. The van der Waals surface area contributed by atoms with Crippen LogP contribution in [0, 0.1) is 30.3 Å². The fourth-order valence-electron chi connectivity index (χ4n) is 2.43. The highest BCUT2D eigenvalue weighted by Gasteiger charge is 2.13. The highest BCUT2D eigenvalue weighted by molar-refractivity contribution is 7.71. The topological polar surface area (TPSA) is 20.7 Å². The van der Waals surface area contributed by atoms with Crippen LogP contribution in [0.5, 0.6) is 0 Å². The molecule has 0 spiro atoms. The van der Waals surface area contributed by atoms with Crippen molar-refractivity contribution in [3.8, 4) is 5.69 Å². The minimum Gasteiger partial charge on any atom is -0.328 e. The number of fused-ring (bicyclic) bond motifs is 1. The van der Waals surface area contributed by atoms with Gasteiger partial charge in [-0.2, -0.15) is 0 Å². The largest absolute Gasteiger partial charge is 0.328 e. The van der Waals surface area contributed by atoms with E-state index in [1.54, 1.807) is 4.57 Å². The molecule has 5 heteroatoms. The first-order chi connectivity index (χ1) is 9.47. The molecule has 3 aromatic rings. The number of nitrogens with one attached hydrogen (secondary N) is 1. The molecule has 0 amide bonds. The summed E-state index contributed by atoms with van der Waals surface area (Å²) >= 11 is 5.25. The molecule has 0 radical (unpaired) electrons. The SMILES string of the molecule is Cc1ccc(-n2c(=S)[nH]c3c(F)cc(F)cc32)c(C)c1. The second kappa shape index (κ2) is 4.52. The lowest BCUT2D eigenvalue weighted by atomic mass is 10.1. The van der Waals surface area contributed by atoms with Crippen molar-refractivity contribution in [1.82, 2.24) is 9.55 Å². The molecule has 0 aliphatic rings. The highest BCUT2D eigenvalue weighted by Crippen LogP contribution is 2.25. The number of aromatic amines is 1. The van der Waals surface area contributed by atoms with Gasteiger partial charge in [-0.1, -0.05) is 17.7 Å². The molecule has 2 aromatic carbocycles. The van der Waals surface area contributed by atoms with Crippen molar-refractivity contribution in [3.63, 3.8) is 0 Å². The van der Waals surface area contributed by atoms with Gasteiger partial charge in [-0.3, -0.25) is 4.57 Å². The van der Waals surface area contributed by atoms with Crippen molar-refractivity contribution >= 4 is 23.3 Å². The van der Waals surface area contributed by atoms with Gasteiger partial charge in [0.1, 0.15) is 11.3 Å². The molecule has 0 saturated heterocycles. The van der Waals surface area contributed by atoms with Crippen LogP contribution in [0.4, 0.5) is 8.78 Å². The number of rotatable bonds is 1. The number of hydrogen-bond acceptors (Lipinski definition) is 1. The van der Waals surface area contributed by atoms with E-state index >= 15 is 0 Å². The molecule has 2 nitrogen and oxygen atoms in total. The summed E-state index contributed by atoms with van der Waals surface area (Å²) in [5, 5.41) is 0. The summed E-state index contributed by atoms with van der Waals surface area (Å²) in [6.07, 6.45) is 0. The van der Waals surface area contributed by atoms with E-state index in [0.29, 0.717) is 10.3 Å². The minimum atomic E-state index is -0.644. The predicted molar refractivity (Wildman–Crippen MR) is 77.8 cm³/mol. The molecule has 0 aliphatic heterocycles. The maximum Gasteiger partial charge on any atom is 0.182 e. The van der Waals surface area contributed by atoms with Gasteiger partial charge in [0.25, 0.3) is 0 Å². The van der Waals surface area contributed by atoms with Gasteiger partial charge in [-0.25, -0.2) is 8.78 Å². The van der Waals surface area contributed by atoms with E-state index in [1.807, 2.05) is 32.0 Å². The molecule has 0 bridgehead atoms. The summed E-state index contributed by atoms with van der Waals surface area (Å²) in [5.41, 5.74) is 3.55. The van der Waals surface area contributed by atoms with Crippen LogP contribution in [0.1, 0.15) is 11.1 Å². The van der Waals surface area contributed by atoms with Crippen molar-refractivity contribution < 1.29 is 8.78 Å². The van der Waals surface area contributed by atoms with Gasteiger partial charge >= 0.3 is 0 Å². The summed E-state index contributed by atoms with van der Waals surface area (Å²) in [6.45, 7) is 3.93. The number of benzene rings is 2. The fraction of sp³-hybridized carbons (Fsp3) is 0.133. The molecule has 0 unspecified atom stereocenters. The zero-order chi connectivity index (χ0) is 14.4. The van der Waals surface area contributed by atoms with Crippen LogP contribution >= 0.6 is 12.2 Å². The average molecular weight is 290 g/mol. The van der Waals surface area contributed by atoms with E-state index in [2.05, 4.69) is 4.98 Å². The van der Waals surface area contributed by atoms with Crippen LogP contribution in [-0.4, -0.2) is 9.55 Å². The van der Waals surface area contributed by atoms with Gasteiger partial charge in [-0.05, 0) is 37.7 Å². The van der Waals surface area contributed by atoms with E-state index in [1.165, 1.54) is 6.07 Å². The first kappa shape index (κ1) is 13.0. The van der Waals surface area contributed by atoms with E-state index in [9.17, 15) is 8.78 Å². The molecule has 0 atom stereocenters. The number of halogens is 2. The zero-order valence-corrected chi connectivity index (χ0v) is 11.8. The second-order valence-corrected chi connectivity index (χ2v) is 5.22. The smallest absolute Gasteiger partial charge is 0.182 e. The monoisotopic (exact) mass is 290 g/mol. The predicted octanol–water partition coefficient (Wildman–Crippen LogP) is 4.58. The van der Waals surface area contributed by atoms with Crippen molar-refractivity contribution in [2.45, 2.75) is 13.8 Å². The Hall–Kier alpha value is -2.01. The second-order valence-electron chi connectivity index (χ2n) is 4.84. The first-order valence-electron chi connectivity index (χ1n) is 6.15. The Bertz CT molecular complexity index is 877. The summed E-state index contributed by atoms with van der Waals surface area (Å²) in [5.74, 6) is -1.27. The van der Waals surface area contributed by atoms with E-state index < -0.39 is 11.6 Å². The minimum absolute atomic E-state index is 0.219. The highest BCUT2D eigenvalue weighted by atomic mass is 32.1. The van der Waals surface area contributed by atoms with Gasteiger partial charge in [0.2, 0.25) is 0 Å². The molecule has 1 N–H and O–H groups in total. The van der Waals surface area contributed by atoms with Gasteiger partial charge in [0, 0.05) is 12.1 Å². The van der Waals surface area contributed by atoms with Crippen molar-refractivity contribution in [2.24, 2.45) is 0 Å². The Balaban J connectivity index is 2.42. The maximum absolute atomic E-state index is 13.8. The summed E-state index contributed by atoms with van der Waals surface area (Å²) in [7, 11) is 0. The Morgan fingerprint density at radius 1 is 1.10 bits per heavy atom. The third-order valence-corrected chi connectivity index (χ3v) is 3.59. The van der Waals surface area contributed by atoms with Gasteiger partial charge in [0.05, 0.1) is 11.2 Å². The fourth-order valence-corrected chi connectivity index (χ4v) is 2.73. The molecule has 102 valence electrons. The van der Waals surface area contributed by atoms with Gasteiger partial charge in [0.15, 0.2) is 10.6 Å². The summed E-state index contributed by atoms with van der Waals surface area (Å²) in [4.78, 5) is 2.80. The van der Waals surface area contributed by atoms with Crippen molar-refractivity contribution in [3.05, 3.63) is 57.9 Å². The van der Waals surface area contributed by atoms with Crippen LogP contribution in [0.3, 0.4) is 0 Å². The Labute approximate surface area is 119 Å². The Morgan fingerprint density at radius 2 is 1.85 bits per heavy atom. The summed E-state index contributed by atoms with van der Waals surface area (Å²) < 4.78 is 29.3. The lowest BCUT2D eigenvalue weighted by molar-refractivity contribution is 0.590. The van der Waals surface area contributed by atoms with E-state index in [4.69, 9.17) is 12.2 Å². The van der Waals surface area contributed by atoms with Crippen LogP contribution < -0.4 is 0 Å². The molecule has 0 fully saturated rings. The average Bonchev–Trinajstić information content (AvgIpc) is 2.67. The summed E-state index contributed by atoms with van der Waals surface area (Å²) in [6, 6.07) is 7.98. The molecule has 1 heterocycles. The van der Waals surface area contributed by atoms with E-state index in [0.717, 1.165) is 22.9 Å². The van der Waals surface area contributed by atoms with Crippen LogP contribution in [0.25, 0.3) is 16.7 Å². The molecule has 3 rings (SSSR count). The number of aryl methyl sites for hydroxylation is 2. The van der Waals surface area contributed by atoms with Crippen LogP contribution in [0.2, 0.25) is 0 Å². The standard InChI is InChI=1S/C15H12F2N2S/c1-8-3-4-12(9(2)5-8)19-13-7-10(16)6-11(17)14(13)18-15(19)20/h3-7H,1-2H3,(H,18,20). The first-order valence-corrected chi connectivity index (χ1v) is 6.55. The Kier molecular flexibility index (Phi) is 2.94. The lowest BCUT2D eigenvalue weighted by Gasteiger charge is -2.09. The zero-order valence-electron chi connectivity index (χ0n) is 11.0. The van der Waals surface area contributed by atoms with Crippen molar-refractivity contribution in [2.75, 3.05) is 0 Å². The maximum atomic E-state index is 13.8. The normalized spacial score (nSPS) is 11.2. The number of nitrogens with zero attached hydrogens (tertiary/aromatic N) is 1. The number of aromatic nitrogens is 2. The lowest BCUT2D eigenvalue weighted by Crippen LogP contribution is -1.98. The van der Waals surface area contributed by atoms with Crippen LogP contribution in [0.15, 0.2) is 30.3 Å². The third kappa shape index (κ3) is 1.94. The number of hydrogen-bond donors (Lipinski definition) is 1. The molecular formula is C15H12F2N2S. The Morgan fingerprint density at radius 3 is 2.55 bits per heavy atom. The van der Waals surface area contributed by atoms with E-state index in [-0.39, 0.29) is 5.52 Å². The van der Waals surface area contributed by atoms with Crippen LogP contribution in [-0.2, 0) is 0 Å².